The van der Waals surface area contributed by atoms with Crippen LogP contribution in [0.1, 0.15) is 53.9 Å². The molecule has 2 atom stereocenters. The van der Waals surface area contributed by atoms with Crippen LogP contribution in [0.5, 0.6) is 5.88 Å². The lowest BCUT2D eigenvalue weighted by molar-refractivity contribution is 0.224. The van der Waals surface area contributed by atoms with E-state index in [1.165, 1.54) is 17.3 Å². The fraction of sp³-hybridized carbons (Fsp3) is 0.476. The number of anilines is 1. The quantitative estimate of drug-likeness (QED) is 0.756. The number of nitrogens with two attached hydrogens (primary N) is 1. The number of rotatable bonds is 3. The van der Waals surface area contributed by atoms with Gasteiger partial charge in [0.15, 0.2) is 9.92 Å². The van der Waals surface area contributed by atoms with Crippen LogP contribution in [-0.2, 0) is 35.7 Å². The summed E-state index contributed by atoms with van der Waals surface area (Å²) in [5, 5.41) is 22.3. The number of hydrogen-bond acceptors (Lipinski definition) is 5. The zero-order valence-corrected chi connectivity index (χ0v) is 17.9. The normalized spacial score (nSPS) is 20.6. The van der Waals surface area contributed by atoms with E-state index in [1.54, 1.807) is 4.68 Å². The predicted molar refractivity (Wildman–Crippen MR) is 114 cm³/mol. The topological polar surface area (TPSA) is 135 Å². The molecule has 0 saturated carbocycles. The first kappa shape index (κ1) is 20.0. The summed E-state index contributed by atoms with van der Waals surface area (Å²) in [7, 11) is -3.53. The molecule has 9 nitrogen and oxygen atoms in total. The minimum absolute atomic E-state index is 0.0829. The third-order valence-electron chi connectivity index (χ3n) is 6.31. The third kappa shape index (κ3) is 3.47. The van der Waals surface area contributed by atoms with E-state index in [2.05, 4.69) is 26.9 Å². The summed E-state index contributed by atoms with van der Waals surface area (Å²) in [6.07, 6.45) is 7.20. The Labute approximate surface area is 180 Å². The number of benzene rings is 1. The van der Waals surface area contributed by atoms with E-state index in [9.17, 15) is 14.3 Å². The Balaban J connectivity index is 1.51. The van der Waals surface area contributed by atoms with Crippen molar-refractivity contribution in [3.8, 4) is 11.9 Å². The zero-order valence-electron chi connectivity index (χ0n) is 17.1. The van der Waals surface area contributed by atoms with Crippen LogP contribution in [0.2, 0.25) is 0 Å². The van der Waals surface area contributed by atoms with Crippen molar-refractivity contribution in [3.05, 3.63) is 34.5 Å². The summed E-state index contributed by atoms with van der Waals surface area (Å²) in [6.45, 7) is 1.11. The zero-order chi connectivity index (χ0) is 21.6. The Morgan fingerprint density at radius 3 is 3.10 bits per heavy atom. The minimum atomic E-state index is -3.53. The predicted octanol–water partition coefficient (Wildman–Crippen LogP) is 3.03. The third-order valence-corrected chi connectivity index (χ3v) is 7.66. The monoisotopic (exact) mass is 440 g/mol. The maximum atomic E-state index is 13.1. The number of nitrogens with zero attached hydrogens (tertiary/aromatic N) is 4. The number of nitrogens with one attached hydrogen (secondary N) is 1. The van der Waals surface area contributed by atoms with Crippen molar-refractivity contribution in [2.45, 2.75) is 62.3 Å². The first-order chi connectivity index (χ1) is 15.0. The number of fused-ring (bicyclic) bond motifs is 3. The first-order valence-corrected chi connectivity index (χ1v) is 12.1. The summed E-state index contributed by atoms with van der Waals surface area (Å²) < 4.78 is 24.1. The van der Waals surface area contributed by atoms with Crippen LogP contribution in [0.15, 0.2) is 21.5 Å². The maximum Gasteiger partial charge on any atom is 0.354 e. The van der Waals surface area contributed by atoms with Gasteiger partial charge in [-0.05, 0) is 60.3 Å². The van der Waals surface area contributed by atoms with Crippen molar-refractivity contribution in [3.63, 3.8) is 0 Å². The average molecular weight is 441 g/mol. The Bertz CT molecular complexity index is 1230. The molecular weight excluding hydrogens is 416 g/mol. The van der Waals surface area contributed by atoms with Crippen molar-refractivity contribution >= 4 is 21.6 Å². The molecule has 10 heteroatoms. The molecule has 1 aliphatic heterocycles. The van der Waals surface area contributed by atoms with Crippen LogP contribution in [0.4, 0.5) is 10.5 Å². The molecule has 1 unspecified atom stereocenters. The Hall–Kier alpha value is -2.90. The summed E-state index contributed by atoms with van der Waals surface area (Å²) in [5.74, 6) is 0.394. The number of aromatic nitrogens is 2. The van der Waals surface area contributed by atoms with E-state index in [1.807, 2.05) is 0 Å². The number of nitriles is 1. The lowest BCUT2D eigenvalue weighted by Gasteiger charge is -2.18. The molecule has 0 saturated heterocycles. The number of amides is 2. The van der Waals surface area contributed by atoms with Gasteiger partial charge in [-0.25, -0.2) is 18.8 Å². The average Bonchev–Trinajstić information content (AvgIpc) is 3.46. The lowest BCUT2D eigenvalue weighted by atomic mass is 9.92. The number of carbonyl (C=O) groups excluding carboxylic acids is 1. The van der Waals surface area contributed by atoms with Crippen molar-refractivity contribution < 1.29 is 13.7 Å². The molecule has 5 rings (SSSR count). The first-order valence-electron chi connectivity index (χ1n) is 10.6. The molecule has 0 radical (unpaired) electrons. The minimum Gasteiger partial charge on any atom is -0.477 e. The van der Waals surface area contributed by atoms with Gasteiger partial charge >= 0.3 is 6.03 Å². The van der Waals surface area contributed by atoms with Crippen LogP contribution >= 0.6 is 0 Å². The van der Waals surface area contributed by atoms with Crippen LogP contribution in [-0.4, -0.2) is 26.6 Å². The molecule has 0 fully saturated rings. The molecule has 31 heavy (non-hydrogen) atoms. The van der Waals surface area contributed by atoms with E-state index >= 15 is 0 Å². The molecule has 0 bridgehead atoms. The summed E-state index contributed by atoms with van der Waals surface area (Å²) in [5.41, 5.74) is 5.28. The summed E-state index contributed by atoms with van der Waals surface area (Å²) in [4.78, 5) is 13.0. The van der Waals surface area contributed by atoms with Crippen LogP contribution in [0, 0.1) is 11.3 Å². The van der Waals surface area contributed by atoms with E-state index in [0.717, 1.165) is 55.3 Å². The molecular formula is C21H24N6O3S. The smallest absolute Gasteiger partial charge is 0.354 e. The van der Waals surface area contributed by atoms with Gasteiger partial charge in [-0.1, -0.05) is 6.07 Å². The largest absolute Gasteiger partial charge is 0.477 e. The molecule has 1 aromatic heterocycles. The van der Waals surface area contributed by atoms with E-state index in [-0.39, 0.29) is 10.8 Å². The van der Waals surface area contributed by atoms with Gasteiger partial charge in [-0.3, -0.25) is 0 Å². The summed E-state index contributed by atoms with van der Waals surface area (Å²) >= 11 is 0. The van der Waals surface area contributed by atoms with Crippen LogP contribution < -0.4 is 15.2 Å². The number of urea groups is 1. The van der Waals surface area contributed by atoms with Crippen LogP contribution in [0.25, 0.3) is 0 Å². The highest BCUT2D eigenvalue weighted by atomic mass is 32.2. The highest BCUT2D eigenvalue weighted by Gasteiger charge is 2.31. The molecule has 3 N–H and O–H groups in total. The van der Waals surface area contributed by atoms with E-state index in [4.69, 9.17) is 9.88 Å². The summed E-state index contributed by atoms with van der Waals surface area (Å²) in [6, 6.07) is 3.73. The van der Waals surface area contributed by atoms with Gasteiger partial charge in [0.2, 0.25) is 5.88 Å². The van der Waals surface area contributed by atoms with Crippen molar-refractivity contribution in [1.29, 1.82) is 5.26 Å². The Morgan fingerprint density at radius 2 is 2.26 bits per heavy atom. The molecule has 2 aliphatic carbocycles. The van der Waals surface area contributed by atoms with Gasteiger partial charge in [0, 0.05) is 25.1 Å². The molecule has 3 aliphatic rings. The molecule has 0 spiro atoms. The molecule has 1 aromatic carbocycles. The highest BCUT2D eigenvalue weighted by molar-refractivity contribution is 7.91. The van der Waals surface area contributed by atoms with Gasteiger partial charge in [0.05, 0.1) is 18.9 Å². The van der Waals surface area contributed by atoms with Crippen LogP contribution in [0.3, 0.4) is 0 Å². The number of aryl methyl sites for hydroxylation is 3. The molecule has 2 amide bonds. The highest BCUT2D eigenvalue weighted by Crippen LogP contribution is 2.45. The van der Waals surface area contributed by atoms with Gasteiger partial charge in [0.1, 0.15) is 4.90 Å². The lowest BCUT2D eigenvalue weighted by Crippen LogP contribution is -2.21. The molecule has 2 heterocycles. The second kappa shape index (κ2) is 7.66. The molecule has 2 aromatic rings. The SMILES string of the molecule is N#CC[C@@H]1CCc2cc3c(c(NC(=O)N=S(N)(=O)c4cnn5c4OCCC5)c21)CCC3. The van der Waals surface area contributed by atoms with E-state index < -0.39 is 15.9 Å². The van der Waals surface area contributed by atoms with Gasteiger partial charge in [-0.2, -0.15) is 10.4 Å². The molecule has 162 valence electrons. The fourth-order valence-electron chi connectivity index (χ4n) is 4.98. The number of carbonyl (C=O) groups is 1. The number of ether oxygens (including phenoxy) is 1. The van der Waals surface area contributed by atoms with E-state index in [0.29, 0.717) is 25.5 Å². The van der Waals surface area contributed by atoms with Gasteiger partial charge < -0.3 is 10.1 Å². The Kier molecular flexibility index (Phi) is 4.95. The Morgan fingerprint density at radius 1 is 1.39 bits per heavy atom. The van der Waals surface area contributed by atoms with Gasteiger partial charge in [-0.15, -0.1) is 4.36 Å². The maximum absolute atomic E-state index is 13.1. The van der Waals surface area contributed by atoms with Crippen molar-refractivity contribution in [2.24, 2.45) is 9.50 Å². The second-order valence-corrected chi connectivity index (χ2v) is 10.0. The fourth-order valence-corrected chi connectivity index (χ4v) is 5.98. The van der Waals surface area contributed by atoms with Crippen molar-refractivity contribution in [1.82, 2.24) is 9.78 Å². The standard InChI is InChI=1S/C21H24N6O3S/c22-8-7-13-5-6-15-11-14-3-1-4-16(14)19(18(13)15)25-21(28)26-31(23,29)17-12-24-27-9-2-10-30-20(17)27/h11-13H,1-7,9-10H2,(H3,23,25,26,28,29)/t13-,31?/m0/s1. The van der Waals surface area contributed by atoms with Crippen molar-refractivity contribution in [2.75, 3.05) is 11.9 Å². The number of hydrogen-bond donors (Lipinski definition) is 2. The second-order valence-electron chi connectivity index (χ2n) is 8.24. The van der Waals surface area contributed by atoms with Gasteiger partial charge in [0.25, 0.3) is 0 Å².